The standard InChI is InChI=1S/C17H29NO2/c1-5-10-14-11-9-12-15(13-14)16(18-6-2)17(19-7-3)20-8-4/h9,11-13,16-18H,5-8,10H2,1-4H3. The molecule has 0 fully saturated rings. The van der Waals surface area contributed by atoms with E-state index < -0.39 is 0 Å². The van der Waals surface area contributed by atoms with Crippen molar-refractivity contribution < 1.29 is 9.47 Å². The Hall–Kier alpha value is -0.900. The number of benzene rings is 1. The Bertz CT molecular complexity index is 362. The molecule has 114 valence electrons. The first kappa shape index (κ1) is 17.2. The molecule has 0 saturated heterocycles. The van der Waals surface area contributed by atoms with Crippen molar-refractivity contribution in [3.05, 3.63) is 35.4 Å². The molecular weight excluding hydrogens is 250 g/mol. The average molecular weight is 279 g/mol. The monoisotopic (exact) mass is 279 g/mol. The highest BCUT2D eigenvalue weighted by Crippen LogP contribution is 2.22. The maximum Gasteiger partial charge on any atom is 0.176 e. The van der Waals surface area contributed by atoms with Crippen LogP contribution in [-0.4, -0.2) is 26.0 Å². The maximum atomic E-state index is 5.77. The van der Waals surface area contributed by atoms with Crippen LogP contribution in [0.2, 0.25) is 0 Å². The molecule has 3 nitrogen and oxygen atoms in total. The minimum Gasteiger partial charge on any atom is -0.351 e. The number of aryl methyl sites for hydroxylation is 1. The summed E-state index contributed by atoms with van der Waals surface area (Å²) in [6, 6.07) is 8.81. The van der Waals surface area contributed by atoms with E-state index in [0.717, 1.165) is 19.4 Å². The van der Waals surface area contributed by atoms with Crippen molar-refractivity contribution in [2.24, 2.45) is 0 Å². The van der Waals surface area contributed by atoms with Crippen LogP contribution in [0.15, 0.2) is 24.3 Å². The molecule has 1 N–H and O–H groups in total. The average Bonchev–Trinajstić information content (AvgIpc) is 2.45. The third-order valence-electron chi connectivity index (χ3n) is 3.21. The molecule has 0 radical (unpaired) electrons. The lowest BCUT2D eigenvalue weighted by molar-refractivity contribution is -0.155. The molecule has 0 bridgehead atoms. The molecule has 1 unspecified atom stereocenters. The van der Waals surface area contributed by atoms with Gasteiger partial charge in [0.15, 0.2) is 6.29 Å². The zero-order valence-electron chi connectivity index (χ0n) is 13.3. The summed E-state index contributed by atoms with van der Waals surface area (Å²) in [6.07, 6.45) is 2.04. The molecule has 3 heteroatoms. The van der Waals surface area contributed by atoms with E-state index >= 15 is 0 Å². The predicted octanol–water partition coefficient (Wildman–Crippen LogP) is 3.69. The summed E-state index contributed by atoms with van der Waals surface area (Å²) in [5.74, 6) is 0. The van der Waals surface area contributed by atoms with Gasteiger partial charge in [0.1, 0.15) is 0 Å². The van der Waals surface area contributed by atoms with E-state index in [4.69, 9.17) is 9.47 Å². The van der Waals surface area contributed by atoms with E-state index in [0.29, 0.717) is 13.2 Å². The molecule has 0 aliphatic heterocycles. The summed E-state index contributed by atoms with van der Waals surface area (Å²) in [5.41, 5.74) is 2.62. The molecule has 1 rings (SSSR count). The van der Waals surface area contributed by atoms with Crippen LogP contribution in [0.1, 0.15) is 51.3 Å². The second-order valence-corrected chi connectivity index (χ2v) is 4.81. The highest BCUT2D eigenvalue weighted by molar-refractivity contribution is 5.26. The molecule has 0 spiro atoms. The van der Waals surface area contributed by atoms with Gasteiger partial charge in [-0.2, -0.15) is 0 Å². The molecule has 0 saturated carbocycles. The minimum atomic E-state index is -0.234. The first-order valence-corrected chi connectivity index (χ1v) is 7.82. The van der Waals surface area contributed by atoms with Gasteiger partial charge in [0.2, 0.25) is 0 Å². The van der Waals surface area contributed by atoms with E-state index in [9.17, 15) is 0 Å². The number of hydrogen-bond acceptors (Lipinski definition) is 3. The van der Waals surface area contributed by atoms with Gasteiger partial charge >= 0.3 is 0 Å². The molecule has 1 aromatic carbocycles. The largest absolute Gasteiger partial charge is 0.351 e. The highest BCUT2D eigenvalue weighted by Gasteiger charge is 2.23. The van der Waals surface area contributed by atoms with Gasteiger partial charge < -0.3 is 14.8 Å². The molecular formula is C17H29NO2. The second kappa shape index (κ2) is 9.92. The second-order valence-electron chi connectivity index (χ2n) is 4.81. The number of rotatable bonds is 10. The zero-order chi connectivity index (χ0) is 14.8. The van der Waals surface area contributed by atoms with Gasteiger partial charge in [-0.15, -0.1) is 0 Å². The lowest BCUT2D eigenvalue weighted by atomic mass is 10.0. The van der Waals surface area contributed by atoms with Gasteiger partial charge in [-0.3, -0.25) is 0 Å². The van der Waals surface area contributed by atoms with Crippen LogP contribution in [-0.2, 0) is 15.9 Å². The lowest BCUT2D eigenvalue weighted by Crippen LogP contribution is -2.36. The molecule has 1 atom stereocenters. The molecule has 0 aliphatic carbocycles. The molecule has 0 aromatic heterocycles. The molecule has 0 aliphatic rings. The van der Waals surface area contributed by atoms with Crippen LogP contribution in [0.25, 0.3) is 0 Å². The molecule has 0 heterocycles. The third kappa shape index (κ3) is 5.23. The third-order valence-corrected chi connectivity index (χ3v) is 3.21. The lowest BCUT2D eigenvalue weighted by Gasteiger charge is -2.28. The summed E-state index contributed by atoms with van der Waals surface area (Å²) in [7, 11) is 0. The van der Waals surface area contributed by atoms with Crippen molar-refractivity contribution in [1.29, 1.82) is 0 Å². The molecule has 1 aromatic rings. The van der Waals surface area contributed by atoms with Gasteiger partial charge in [0.25, 0.3) is 0 Å². The normalized spacial score (nSPS) is 12.8. The van der Waals surface area contributed by atoms with Crippen LogP contribution in [0.3, 0.4) is 0 Å². The summed E-state index contributed by atoms with van der Waals surface area (Å²) in [4.78, 5) is 0. The summed E-state index contributed by atoms with van der Waals surface area (Å²) in [5, 5.41) is 3.49. The van der Waals surface area contributed by atoms with Crippen LogP contribution in [0.5, 0.6) is 0 Å². The number of nitrogens with one attached hydrogen (secondary N) is 1. The first-order valence-electron chi connectivity index (χ1n) is 7.82. The highest BCUT2D eigenvalue weighted by atomic mass is 16.7. The minimum absolute atomic E-state index is 0.0803. The Morgan fingerprint density at radius 1 is 1.05 bits per heavy atom. The Kier molecular flexibility index (Phi) is 8.51. The molecule has 20 heavy (non-hydrogen) atoms. The van der Waals surface area contributed by atoms with Crippen molar-refractivity contribution in [2.45, 2.75) is 52.9 Å². The topological polar surface area (TPSA) is 30.5 Å². The van der Waals surface area contributed by atoms with E-state index in [1.807, 2.05) is 13.8 Å². The Labute approximate surface area is 123 Å². The smallest absolute Gasteiger partial charge is 0.176 e. The number of likely N-dealkylation sites (N-methyl/N-ethyl adjacent to an activating group) is 1. The number of hydrogen-bond donors (Lipinski definition) is 1. The first-order chi connectivity index (χ1) is 9.76. The van der Waals surface area contributed by atoms with Gasteiger partial charge in [0.05, 0.1) is 6.04 Å². The fourth-order valence-corrected chi connectivity index (χ4v) is 2.39. The summed E-state index contributed by atoms with van der Waals surface area (Å²) >= 11 is 0. The fraction of sp³-hybridized carbons (Fsp3) is 0.647. The zero-order valence-corrected chi connectivity index (χ0v) is 13.3. The van der Waals surface area contributed by atoms with E-state index in [-0.39, 0.29) is 12.3 Å². The van der Waals surface area contributed by atoms with Gasteiger partial charge in [-0.1, -0.05) is 44.5 Å². The van der Waals surface area contributed by atoms with Crippen molar-refractivity contribution in [3.8, 4) is 0 Å². The number of ether oxygens (including phenoxy) is 2. The van der Waals surface area contributed by atoms with Crippen molar-refractivity contribution >= 4 is 0 Å². The van der Waals surface area contributed by atoms with Gasteiger partial charge in [-0.25, -0.2) is 0 Å². The van der Waals surface area contributed by atoms with Crippen molar-refractivity contribution in [1.82, 2.24) is 5.32 Å². The van der Waals surface area contributed by atoms with Crippen LogP contribution >= 0.6 is 0 Å². The van der Waals surface area contributed by atoms with Gasteiger partial charge in [-0.05, 0) is 37.9 Å². The quantitative estimate of drug-likeness (QED) is 0.663. The predicted molar refractivity (Wildman–Crippen MR) is 83.9 cm³/mol. The van der Waals surface area contributed by atoms with E-state index in [2.05, 4.69) is 43.4 Å². The van der Waals surface area contributed by atoms with Crippen molar-refractivity contribution in [2.75, 3.05) is 19.8 Å². The Morgan fingerprint density at radius 3 is 2.30 bits per heavy atom. The van der Waals surface area contributed by atoms with Gasteiger partial charge in [0, 0.05) is 13.2 Å². The Balaban J connectivity index is 2.94. The van der Waals surface area contributed by atoms with Crippen LogP contribution in [0, 0.1) is 0 Å². The van der Waals surface area contributed by atoms with E-state index in [1.165, 1.54) is 11.1 Å². The van der Waals surface area contributed by atoms with E-state index in [1.54, 1.807) is 0 Å². The fourth-order valence-electron chi connectivity index (χ4n) is 2.39. The van der Waals surface area contributed by atoms with Crippen molar-refractivity contribution in [3.63, 3.8) is 0 Å². The van der Waals surface area contributed by atoms with Crippen LogP contribution < -0.4 is 5.32 Å². The summed E-state index contributed by atoms with van der Waals surface area (Å²) in [6.45, 7) is 10.5. The van der Waals surface area contributed by atoms with Crippen LogP contribution in [0.4, 0.5) is 0 Å². The Morgan fingerprint density at radius 2 is 1.75 bits per heavy atom. The molecule has 0 amide bonds. The summed E-state index contributed by atoms with van der Waals surface area (Å²) < 4.78 is 11.5. The SMILES string of the molecule is CCCc1cccc(C(NCC)C(OCC)OCC)c1. The maximum absolute atomic E-state index is 5.77.